The summed E-state index contributed by atoms with van der Waals surface area (Å²) in [6.45, 7) is 10.9. The largest absolute Gasteiger partial charge is 0.379 e. The van der Waals surface area contributed by atoms with Crippen LogP contribution in [0.4, 0.5) is 0 Å². The van der Waals surface area contributed by atoms with Gasteiger partial charge in [0.2, 0.25) is 0 Å². The fourth-order valence-corrected chi connectivity index (χ4v) is 5.12. The first kappa shape index (κ1) is 14.7. The normalized spacial score (nSPS) is 40.6. The van der Waals surface area contributed by atoms with Gasteiger partial charge < -0.3 is 4.74 Å². The first-order valence-electron chi connectivity index (χ1n) is 8.06. The summed E-state index contributed by atoms with van der Waals surface area (Å²) in [5, 5.41) is 5.81. The summed E-state index contributed by atoms with van der Waals surface area (Å²) in [5.74, 6) is 1.70. The van der Waals surface area contributed by atoms with Crippen LogP contribution in [0.25, 0.3) is 0 Å². The van der Waals surface area contributed by atoms with Crippen LogP contribution in [0.1, 0.15) is 26.7 Å². The quantitative estimate of drug-likeness (QED) is 0.763. The standard InChI is InChI=1S/C15H27N3OS/c1-11-9-12(2)14-13(10-11)17-15(20-14)16-3-4-18-5-7-19-8-6-18/h11-14H,3-10H2,1-2H3,(H,16,17)/p+1. The molecule has 3 fully saturated rings. The number of hydrogen-bond acceptors (Lipinski definition) is 3. The van der Waals surface area contributed by atoms with Gasteiger partial charge in [-0.2, -0.15) is 0 Å². The minimum atomic E-state index is 0.685. The summed E-state index contributed by atoms with van der Waals surface area (Å²) in [7, 11) is 0. The van der Waals surface area contributed by atoms with E-state index in [9.17, 15) is 0 Å². The topological polar surface area (TPSA) is 38.5 Å². The third-order valence-electron chi connectivity index (χ3n) is 4.78. The van der Waals surface area contributed by atoms with E-state index < -0.39 is 0 Å². The molecule has 0 aromatic rings. The molecule has 4 atom stereocenters. The number of fused-ring (bicyclic) bond motifs is 1. The zero-order valence-electron chi connectivity index (χ0n) is 12.7. The van der Waals surface area contributed by atoms with E-state index in [0.29, 0.717) is 6.04 Å². The molecular formula is C15H28N3OS+. The molecule has 1 aliphatic carbocycles. The Morgan fingerprint density at radius 2 is 2.10 bits per heavy atom. The molecule has 3 rings (SSSR count). The number of rotatable bonds is 3. The van der Waals surface area contributed by atoms with E-state index in [1.807, 2.05) is 11.8 Å². The Balaban J connectivity index is 1.47. The average Bonchev–Trinajstić information content (AvgIpc) is 2.83. The first-order valence-corrected chi connectivity index (χ1v) is 8.94. The van der Waals surface area contributed by atoms with Gasteiger partial charge in [-0.3, -0.25) is 15.2 Å². The molecular weight excluding hydrogens is 270 g/mol. The van der Waals surface area contributed by atoms with Crippen molar-refractivity contribution in [2.45, 2.75) is 38.0 Å². The molecule has 0 spiro atoms. The van der Waals surface area contributed by atoms with E-state index in [0.717, 1.165) is 56.5 Å². The minimum absolute atomic E-state index is 0.685. The molecule has 0 aromatic carbocycles. The van der Waals surface area contributed by atoms with E-state index in [4.69, 9.17) is 4.74 Å². The van der Waals surface area contributed by atoms with Gasteiger partial charge in [-0.25, -0.2) is 0 Å². The van der Waals surface area contributed by atoms with Gasteiger partial charge in [0.15, 0.2) is 0 Å². The van der Waals surface area contributed by atoms with Gasteiger partial charge in [0, 0.05) is 19.6 Å². The number of nitrogens with zero attached hydrogens (tertiary/aromatic N) is 1. The highest BCUT2D eigenvalue weighted by atomic mass is 32.2. The van der Waals surface area contributed by atoms with Crippen molar-refractivity contribution >= 4 is 16.9 Å². The molecule has 0 bridgehead atoms. The lowest BCUT2D eigenvalue weighted by molar-refractivity contribution is -0.456. The van der Waals surface area contributed by atoms with Gasteiger partial charge in [-0.05, 0) is 36.4 Å². The second-order valence-electron chi connectivity index (χ2n) is 6.60. The van der Waals surface area contributed by atoms with E-state index in [1.165, 1.54) is 18.0 Å². The molecule has 114 valence electrons. The lowest BCUT2D eigenvalue weighted by Crippen LogP contribution is -2.76. The van der Waals surface area contributed by atoms with Crippen molar-refractivity contribution in [2.75, 3.05) is 39.4 Å². The van der Waals surface area contributed by atoms with Gasteiger partial charge in [0.1, 0.15) is 6.04 Å². The van der Waals surface area contributed by atoms with E-state index in [1.54, 1.807) is 0 Å². The number of nitrogens with one attached hydrogen (secondary N) is 2. The summed E-state index contributed by atoms with van der Waals surface area (Å²) >= 11 is 2.04. The van der Waals surface area contributed by atoms with E-state index >= 15 is 0 Å². The van der Waals surface area contributed by atoms with Gasteiger partial charge in [0.05, 0.1) is 25.0 Å². The van der Waals surface area contributed by atoms with Gasteiger partial charge in [-0.1, -0.05) is 13.8 Å². The van der Waals surface area contributed by atoms with Crippen LogP contribution in [0.5, 0.6) is 0 Å². The number of hydrogen-bond donors (Lipinski definition) is 2. The molecule has 4 unspecified atom stereocenters. The lowest BCUT2D eigenvalue weighted by Gasteiger charge is -2.31. The van der Waals surface area contributed by atoms with Crippen LogP contribution in [-0.4, -0.2) is 60.8 Å². The van der Waals surface area contributed by atoms with Crippen LogP contribution in [0, 0.1) is 11.8 Å². The van der Waals surface area contributed by atoms with Crippen molar-refractivity contribution < 1.29 is 9.73 Å². The summed E-state index contributed by atoms with van der Waals surface area (Å²) in [5.41, 5.74) is 0. The predicted molar refractivity (Wildman–Crippen MR) is 84.0 cm³/mol. The molecule has 5 heteroatoms. The van der Waals surface area contributed by atoms with Gasteiger partial charge >= 0.3 is 5.17 Å². The Bertz CT molecular complexity index is 357. The Morgan fingerprint density at radius 1 is 1.30 bits per heavy atom. The summed E-state index contributed by atoms with van der Waals surface area (Å²) in [6.07, 6.45) is 2.72. The maximum atomic E-state index is 5.38. The van der Waals surface area contributed by atoms with Crippen molar-refractivity contribution in [1.29, 1.82) is 0 Å². The highest BCUT2D eigenvalue weighted by molar-refractivity contribution is 8.14. The van der Waals surface area contributed by atoms with Crippen LogP contribution in [0.2, 0.25) is 0 Å². The molecule has 3 aliphatic rings. The van der Waals surface area contributed by atoms with Crippen molar-refractivity contribution in [3.8, 4) is 0 Å². The molecule has 0 aromatic heterocycles. The third kappa shape index (κ3) is 3.49. The fourth-order valence-electron chi connectivity index (χ4n) is 3.75. The van der Waals surface area contributed by atoms with Gasteiger partial charge in [-0.15, -0.1) is 0 Å². The van der Waals surface area contributed by atoms with Crippen LogP contribution in [-0.2, 0) is 4.74 Å². The highest BCUT2D eigenvalue weighted by Gasteiger charge is 2.44. The maximum absolute atomic E-state index is 5.38. The summed E-state index contributed by atoms with van der Waals surface area (Å²) < 4.78 is 5.38. The third-order valence-corrected chi connectivity index (χ3v) is 6.34. The highest BCUT2D eigenvalue weighted by Crippen LogP contribution is 2.39. The number of morpholine rings is 1. The Hall–Kier alpha value is -0.260. The monoisotopic (exact) mass is 298 g/mol. The fraction of sp³-hybridized carbons (Fsp3) is 0.933. The molecule has 20 heavy (non-hydrogen) atoms. The summed E-state index contributed by atoms with van der Waals surface area (Å²) in [6, 6.07) is 0.685. The maximum Gasteiger partial charge on any atom is 0.304 e. The SMILES string of the molecule is CC1CC(C)C2SC(=[NH+]CCN3CCOCC3)NC2C1. The second-order valence-corrected chi connectivity index (χ2v) is 7.79. The molecule has 2 N–H and O–H groups in total. The zero-order valence-corrected chi connectivity index (χ0v) is 13.5. The number of amidine groups is 1. The predicted octanol–water partition coefficient (Wildman–Crippen LogP) is -0.105. The number of ether oxygens (including phenoxy) is 1. The van der Waals surface area contributed by atoms with Crippen LogP contribution in [0.15, 0.2) is 0 Å². The smallest absolute Gasteiger partial charge is 0.304 e. The van der Waals surface area contributed by atoms with Crippen molar-refractivity contribution in [3.63, 3.8) is 0 Å². The molecule has 2 saturated heterocycles. The van der Waals surface area contributed by atoms with Crippen molar-refractivity contribution in [3.05, 3.63) is 0 Å². The summed E-state index contributed by atoms with van der Waals surface area (Å²) in [4.78, 5) is 6.09. The van der Waals surface area contributed by atoms with Crippen LogP contribution in [0.3, 0.4) is 0 Å². The molecule has 4 nitrogen and oxygen atoms in total. The second kappa shape index (κ2) is 6.67. The van der Waals surface area contributed by atoms with E-state index in [2.05, 4.69) is 29.1 Å². The van der Waals surface area contributed by atoms with Crippen LogP contribution < -0.4 is 10.3 Å². The van der Waals surface area contributed by atoms with Crippen molar-refractivity contribution in [2.24, 2.45) is 11.8 Å². The molecule has 1 saturated carbocycles. The molecule has 2 heterocycles. The van der Waals surface area contributed by atoms with Crippen LogP contribution >= 0.6 is 11.8 Å². The average molecular weight is 298 g/mol. The lowest BCUT2D eigenvalue weighted by atomic mass is 9.80. The Labute approximate surface area is 126 Å². The minimum Gasteiger partial charge on any atom is -0.379 e. The van der Waals surface area contributed by atoms with Gasteiger partial charge in [0.25, 0.3) is 0 Å². The Kier molecular flexibility index (Phi) is 4.89. The number of thioether (sulfide) groups is 1. The van der Waals surface area contributed by atoms with Crippen molar-refractivity contribution in [1.82, 2.24) is 10.2 Å². The molecule has 0 radical (unpaired) electrons. The zero-order chi connectivity index (χ0) is 13.9. The Morgan fingerprint density at radius 3 is 2.90 bits per heavy atom. The first-order chi connectivity index (χ1) is 9.72. The van der Waals surface area contributed by atoms with E-state index in [-0.39, 0.29) is 0 Å². The molecule has 2 aliphatic heterocycles. The molecule has 0 amide bonds.